The summed E-state index contributed by atoms with van der Waals surface area (Å²) in [6.07, 6.45) is 1.34. The molecule has 0 bridgehead atoms. The summed E-state index contributed by atoms with van der Waals surface area (Å²) in [5, 5.41) is 4.08. The maximum Gasteiger partial charge on any atom is 0.409 e. The average Bonchev–Trinajstić information content (AvgIpc) is 3.28. The van der Waals surface area contributed by atoms with Crippen LogP contribution in [0, 0.1) is 5.92 Å². The summed E-state index contributed by atoms with van der Waals surface area (Å²) in [5.41, 5.74) is 0.935. The zero-order valence-corrected chi connectivity index (χ0v) is 17.9. The summed E-state index contributed by atoms with van der Waals surface area (Å²) in [6.45, 7) is 6.61. The van der Waals surface area contributed by atoms with Crippen LogP contribution in [0.3, 0.4) is 0 Å². The van der Waals surface area contributed by atoms with Crippen LogP contribution in [0.2, 0.25) is 0 Å². The van der Waals surface area contributed by atoms with Gasteiger partial charge in [0.15, 0.2) is 0 Å². The maximum absolute atomic E-state index is 12.9. The van der Waals surface area contributed by atoms with E-state index in [4.69, 9.17) is 9.26 Å². The maximum atomic E-state index is 12.9. The van der Waals surface area contributed by atoms with E-state index in [-0.39, 0.29) is 17.9 Å². The second-order valence-corrected chi connectivity index (χ2v) is 7.94. The molecular formula is C22H29N5O4. The van der Waals surface area contributed by atoms with Gasteiger partial charge in [-0.15, -0.1) is 0 Å². The highest BCUT2D eigenvalue weighted by molar-refractivity contribution is 5.79. The molecule has 9 heteroatoms. The van der Waals surface area contributed by atoms with Crippen LogP contribution in [-0.2, 0) is 16.1 Å². The summed E-state index contributed by atoms with van der Waals surface area (Å²) >= 11 is 0. The second-order valence-electron chi connectivity index (χ2n) is 7.94. The number of rotatable bonds is 5. The summed E-state index contributed by atoms with van der Waals surface area (Å²) in [6, 6.07) is 9.76. The fraction of sp³-hybridized carbons (Fsp3) is 0.545. The minimum Gasteiger partial charge on any atom is -0.450 e. The van der Waals surface area contributed by atoms with Crippen molar-refractivity contribution >= 4 is 12.0 Å². The lowest BCUT2D eigenvalue weighted by atomic mass is 9.95. The number of carbonyl (C=O) groups excluding carboxylic acids is 2. The van der Waals surface area contributed by atoms with Gasteiger partial charge < -0.3 is 19.1 Å². The Hall–Kier alpha value is -2.94. The van der Waals surface area contributed by atoms with Crippen molar-refractivity contribution in [3.8, 4) is 11.4 Å². The van der Waals surface area contributed by atoms with E-state index < -0.39 is 0 Å². The van der Waals surface area contributed by atoms with Crippen LogP contribution in [0.25, 0.3) is 11.4 Å². The first kappa shape index (κ1) is 21.3. The van der Waals surface area contributed by atoms with Gasteiger partial charge in [0.05, 0.1) is 13.2 Å². The summed E-state index contributed by atoms with van der Waals surface area (Å²) < 4.78 is 10.5. The van der Waals surface area contributed by atoms with Gasteiger partial charge in [0, 0.05) is 37.7 Å². The van der Waals surface area contributed by atoms with Crippen molar-refractivity contribution in [3.05, 3.63) is 36.2 Å². The lowest BCUT2D eigenvalue weighted by Gasteiger charge is -2.38. The van der Waals surface area contributed by atoms with Gasteiger partial charge in [-0.05, 0) is 32.9 Å². The molecule has 31 heavy (non-hydrogen) atoms. The number of piperidine rings is 1. The van der Waals surface area contributed by atoms with Crippen molar-refractivity contribution in [1.29, 1.82) is 0 Å². The molecule has 0 N–H and O–H groups in total. The van der Waals surface area contributed by atoms with Gasteiger partial charge in [-0.25, -0.2) is 4.79 Å². The van der Waals surface area contributed by atoms with E-state index >= 15 is 0 Å². The van der Waals surface area contributed by atoms with Crippen LogP contribution in [0.15, 0.2) is 34.9 Å². The molecule has 166 valence electrons. The average molecular weight is 428 g/mol. The molecule has 1 aromatic heterocycles. The number of carbonyl (C=O) groups is 2. The zero-order valence-electron chi connectivity index (χ0n) is 17.9. The summed E-state index contributed by atoms with van der Waals surface area (Å²) in [5.74, 6) is 1.43. The molecule has 9 nitrogen and oxygen atoms in total. The fourth-order valence-electron chi connectivity index (χ4n) is 4.14. The van der Waals surface area contributed by atoms with Gasteiger partial charge in [-0.1, -0.05) is 35.5 Å². The minimum absolute atomic E-state index is 0.0351. The van der Waals surface area contributed by atoms with Crippen molar-refractivity contribution in [1.82, 2.24) is 24.8 Å². The molecule has 2 saturated heterocycles. The van der Waals surface area contributed by atoms with E-state index in [9.17, 15) is 9.59 Å². The third-order valence-electron chi connectivity index (χ3n) is 5.91. The fourth-order valence-corrected chi connectivity index (χ4v) is 4.14. The highest BCUT2D eigenvalue weighted by Gasteiger charge is 2.32. The van der Waals surface area contributed by atoms with Crippen molar-refractivity contribution < 1.29 is 18.8 Å². The molecule has 2 aliphatic heterocycles. The number of benzene rings is 1. The Morgan fingerprint density at radius 3 is 2.39 bits per heavy atom. The zero-order chi connectivity index (χ0) is 21.6. The smallest absolute Gasteiger partial charge is 0.409 e. The molecule has 0 saturated carbocycles. The number of likely N-dealkylation sites (tertiary alicyclic amines) is 1. The van der Waals surface area contributed by atoms with Gasteiger partial charge in [0.25, 0.3) is 0 Å². The number of piperazine rings is 1. The number of hydrogen-bond acceptors (Lipinski definition) is 7. The Kier molecular flexibility index (Phi) is 6.81. The van der Waals surface area contributed by atoms with Gasteiger partial charge in [-0.2, -0.15) is 4.98 Å². The third kappa shape index (κ3) is 5.22. The molecule has 2 fully saturated rings. The van der Waals surface area contributed by atoms with Gasteiger partial charge in [0.1, 0.15) is 0 Å². The summed E-state index contributed by atoms with van der Waals surface area (Å²) in [7, 11) is 0. The van der Waals surface area contributed by atoms with Gasteiger partial charge in [0.2, 0.25) is 17.6 Å². The van der Waals surface area contributed by atoms with Crippen molar-refractivity contribution in [2.24, 2.45) is 5.92 Å². The first-order valence-electron chi connectivity index (χ1n) is 10.9. The molecule has 0 aliphatic carbocycles. The molecule has 4 rings (SSSR count). The van der Waals surface area contributed by atoms with Crippen LogP contribution in [-0.4, -0.2) is 82.7 Å². The Labute approximate surface area is 181 Å². The Morgan fingerprint density at radius 2 is 1.71 bits per heavy atom. The number of nitrogens with zero attached hydrogens (tertiary/aromatic N) is 5. The molecule has 1 aromatic carbocycles. The first-order chi connectivity index (χ1) is 15.1. The van der Waals surface area contributed by atoms with Crippen LogP contribution >= 0.6 is 0 Å². The van der Waals surface area contributed by atoms with E-state index in [0.717, 1.165) is 31.5 Å². The lowest BCUT2D eigenvalue weighted by Crippen LogP contribution is -2.53. The normalized spacial score (nSPS) is 18.2. The highest BCUT2D eigenvalue weighted by Crippen LogP contribution is 2.22. The molecule has 2 aromatic rings. The van der Waals surface area contributed by atoms with Crippen LogP contribution in [0.1, 0.15) is 25.7 Å². The molecule has 2 aliphatic rings. The van der Waals surface area contributed by atoms with E-state index in [2.05, 4.69) is 15.0 Å². The number of ether oxygens (including phenoxy) is 1. The molecule has 0 spiro atoms. The van der Waals surface area contributed by atoms with E-state index in [1.54, 1.807) is 11.8 Å². The molecular weight excluding hydrogens is 398 g/mol. The Bertz CT molecular complexity index is 871. The topological polar surface area (TPSA) is 92.0 Å². The Balaban J connectivity index is 1.22. The third-order valence-corrected chi connectivity index (χ3v) is 5.91. The van der Waals surface area contributed by atoms with Gasteiger partial charge in [-0.3, -0.25) is 9.69 Å². The standard InChI is InChI=1S/C22H29N5O4/c1-2-30-22(29)27-14-12-26(13-15-27)21(28)18-8-10-25(11-9-18)16-19-23-20(24-31-19)17-6-4-3-5-7-17/h3-7,18H,2,8-16H2,1H3. The summed E-state index contributed by atoms with van der Waals surface area (Å²) in [4.78, 5) is 35.0. The first-order valence-corrected chi connectivity index (χ1v) is 10.9. The largest absolute Gasteiger partial charge is 0.450 e. The van der Waals surface area contributed by atoms with E-state index in [0.29, 0.717) is 51.0 Å². The molecule has 0 radical (unpaired) electrons. The van der Waals surface area contributed by atoms with Crippen molar-refractivity contribution in [3.63, 3.8) is 0 Å². The predicted molar refractivity (Wildman–Crippen MR) is 113 cm³/mol. The SMILES string of the molecule is CCOC(=O)N1CCN(C(=O)C2CCN(Cc3nc(-c4ccccc4)no3)CC2)CC1. The molecule has 0 atom stereocenters. The quantitative estimate of drug-likeness (QED) is 0.723. The minimum atomic E-state index is -0.292. The second kappa shape index (κ2) is 9.91. The van der Waals surface area contributed by atoms with Crippen LogP contribution < -0.4 is 0 Å². The van der Waals surface area contributed by atoms with Gasteiger partial charge >= 0.3 is 6.09 Å². The lowest BCUT2D eigenvalue weighted by molar-refractivity contribution is -0.138. The molecule has 0 unspecified atom stereocenters. The Morgan fingerprint density at radius 1 is 1.03 bits per heavy atom. The van der Waals surface area contributed by atoms with Crippen LogP contribution in [0.5, 0.6) is 0 Å². The van der Waals surface area contributed by atoms with Crippen molar-refractivity contribution in [2.75, 3.05) is 45.9 Å². The number of amides is 2. The molecule has 2 amide bonds. The molecule has 3 heterocycles. The monoisotopic (exact) mass is 427 g/mol. The van der Waals surface area contributed by atoms with E-state index in [1.807, 2.05) is 35.2 Å². The van der Waals surface area contributed by atoms with Crippen molar-refractivity contribution in [2.45, 2.75) is 26.3 Å². The predicted octanol–water partition coefficient (Wildman–Crippen LogP) is 2.25. The van der Waals surface area contributed by atoms with E-state index in [1.165, 1.54) is 0 Å². The highest BCUT2D eigenvalue weighted by atomic mass is 16.6. The number of aromatic nitrogens is 2. The van der Waals surface area contributed by atoms with Crippen LogP contribution in [0.4, 0.5) is 4.79 Å². The number of hydrogen-bond donors (Lipinski definition) is 0.